The molecule has 2 aromatic carbocycles. The second-order valence-corrected chi connectivity index (χ2v) is 7.12. The van der Waals surface area contributed by atoms with Crippen molar-refractivity contribution in [1.29, 1.82) is 0 Å². The van der Waals surface area contributed by atoms with Gasteiger partial charge in [-0.2, -0.15) is 0 Å². The van der Waals surface area contributed by atoms with Crippen molar-refractivity contribution < 1.29 is 0 Å². The maximum atomic E-state index is 5.78. The Labute approximate surface area is 132 Å². The van der Waals surface area contributed by atoms with Crippen LogP contribution in [0.25, 0.3) is 0 Å². The van der Waals surface area contributed by atoms with Gasteiger partial charge in [-0.15, -0.1) is 11.8 Å². The third-order valence-corrected chi connectivity index (χ3v) is 4.47. The molecule has 112 valence electrons. The largest absolute Gasteiger partial charge is 0.271 e. The van der Waals surface area contributed by atoms with E-state index in [0.717, 1.165) is 0 Å². The number of nitrogens with two attached hydrogens (primary N) is 1. The maximum Gasteiger partial charge on any atom is 0.0710 e. The second kappa shape index (κ2) is 6.65. The van der Waals surface area contributed by atoms with Gasteiger partial charge in [0.1, 0.15) is 0 Å². The topological polar surface area (TPSA) is 38.0 Å². The zero-order chi connectivity index (χ0) is 15.5. The highest BCUT2D eigenvalue weighted by molar-refractivity contribution is 7.98. The number of hydrogen-bond donors (Lipinski definition) is 2. The van der Waals surface area contributed by atoms with Crippen LogP contribution in [0.3, 0.4) is 0 Å². The lowest BCUT2D eigenvalue weighted by molar-refractivity contribution is 0.588. The van der Waals surface area contributed by atoms with E-state index < -0.39 is 0 Å². The average Bonchev–Trinajstić information content (AvgIpc) is 2.48. The molecule has 2 nitrogen and oxygen atoms in total. The summed E-state index contributed by atoms with van der Waals surface area (Å²) in [7, 11) is 0. The van der Waals surface area contributed by atoms with E-state index >= 15 is 0 Å². The van der Waals surface area contributed by atoms with E-state index in [1.54, 1.807) is 11.8 Å². The quantitative estimate of drug-likeness (QED) is 0.503. The molecule has 0 aliphatic heterocycles. The summed E-state index contributed by atoms with van der Waals surface area (Å²) in [6.07, 6.45) is 2.08. The number of rotatable bonds is 4. The minimum atomic E-state index is 0.0231. The van der Waals surface area contributed by atoms with Gasteiger partial charge in [0.2, 0.25) is 0 Å². The predicted octanol–water partition coefficient (Wildman–Crippen LogP) is 4.26. The van der Waals surface area contributed by atoms with Crippen molar-refractivity contribution in [3.63, 3.8) is 0 Å². The Morgan fingerprint density at radius 1 is 0.905 bits per heavy atom. The Balaban J connectivity index is 2.28. The van der Waals surface area contributed by atoms with E-state index in [-0.39, 0.29) is 11.5 Å². The Bertz CT molecular complexity index is 568. The van der Waals surface area contributed by atoms with Gasteiger partial charge in [-0.3, -0.25) is 5.84 Å². The Kier molecular flexibility index (Phi) is 5.09. The van der Waals surface area contributed by atoms with Gasteiger partial charge in [0.05, 0.1) is 6.04 Å². The molecule has 0 amide bonds. The van der Waals surface area contributed by atoms with Crippen molar-refractivity contribution in [3.05, 3.63) is 65.2 Å². The lowest BCUT2D eigenvalue weighted by atomic mass is 9.86. The molecular formula is C18H24N2S. The van der Waals surface area contributed by atoms with Crippen molar-refractivity contribution in [2.24, 2.45) is 5.84 Å². The molecule has 1 atom stereocenters. The zero-order valence-corrected chi connectivity index (χ0v) is 14.0. The fraction of sp³-hybridized carbons (Fsp3) is 0.333. The molecule has 2 aromatic rings. The predicted molar refractivity (Wildman–Crippen MR) is 92.5 cm³/mol. The molecule has 0 heterocycles. The van der Waals surface area contributed by atoms with Gasteiger partial charge >= 0.3 is 0 Å². The minimum absolute atomic E-state index is 0.0231. The van der Waals surface area contributed by atoms with Crippen LogP contribution in [0, 0.1) is 0 Å². The van der Waals surface area contributed by atoms with Crippen LogP contribution < -0.4 is 11.3 Å². The first-order valence-corrected chi connectivity index (χ1v) is 8.38. The van der Waals surface area contributed by atoms with E-state index in [9.17, 15) is 0 Å². The third kappa shape index (κ3) is 3.88. The van der Waals surface area contributed by atoms with E-state index in [1.165, 1.54) is 21.6 Å². The molecule has 0 aliphatic carbocycles. The molecule has 0 bridgehead atoms. The molecule has 0 aromatic heterocycles. The molecule has 2 rings (SSSR count). The molecule has 0 fully saturated rings. The van der Waals surface area contributed by atoms with Gasteiger partial charge < -0.3 is 0 Å². The van der Waals surface area contributed by atoms with Gasteiger partial charge in [0.15, 0.2) is 0 Å². The number of benzene rings is 2. The van der Waals surface area contributed by atoms with Crippen molar-refractivity contribution >= 4 is 11.8 Å². The van der Waals surface area contributed by atoms with Crippen LogP contribution in [0.5, 0.6) is 0 Å². The van der Waals surface area contributed by atoms with Gasteiger partial charge in [-0.1, -0.05) is 57.2 Å². The summed E-state index contributed by atoms with van der Waals surface area (Å²) >= 11 is 1.75. The molecule has 1 unspecified atom stereocenters. The first kappa shape index (κ1) is 16.1. The monoisotopic (exact) mass is 300 g/mol. The second-order valence-electron chi connectivity index (χ2n) is 6.24. The molecule has 0 radical (unpaired) electrons. The Hall–Kier alpha value is -1.29. The van der Waals surface area contributed by atoms with Crippen LogP contribution >= 0.6 is 11.8 Å². The number of nitrogens with one attached hydrogen (secondary N) is 1. The highest BCUT2D eigenvalue weighted by atomic mass is 32.2. The molecule has 3 heteroatoms. The average molecular weight is 300 g/mol. The van der Waals surface area contributed by atoms with Crippen molar-refractivity contribution in [2.75, 3.05) is 6.26 Å². The minimum Gasteiger partial charge on any atom is -0.271 e. The van der Waals surface area contributed by atoms with E-state index in [4.69, 9.17) is 5.84 Å². The summed E-state index contributed by atoms with van der Waals surface area (Å²) in [5, 5.41) is 0. The smallest absolute Gasteiger partial charge is 0.0710 e. The van der Waals surface area contributed by atoms with Crippen LogP contribution in [-0.2, 0) is 5.41 Å². The first-order chi connectivity index (χ1) is 9.95. The van der Waals surface area contributed by atoms with Crippen molar-refractivity contribution in [2.45, 2.75) is 37.1 Å². The Morgan fingerprint density at radius 3 is 1.76 bits per heavy atom. The molecule has 0 aliphatic rings. The van der Waals surface area contributed by atoms with Gasteiger partial charge in [0, 0.05) is 4.90 Å². The summed E-state index contributed by atoms with van der Waals surface area (Å²) in [6, 6.07) is 17.3. The fourth-order valence-electron chi connectivity index (χ4n) is 2.36. The number of hydrogen-bond acceptors (Lipinski definition) is 3. The summed E-state index contributed by atoms with van der Waals surface area (Å²) < 4.78 is 0. The molecule has 0 saturated carbocycles. The van der Waals surface area contributed by atoms with Crippen LogP contribution in [-0.4, -0.2) is 6.26 Å². The molecule has 0 spiro atoms. The molecule has 21 heavy (non-hydrogen) atoms. The summed E-state index contributed by atoms with van der Waals surface area (Å²) in [5.74, 6) is 5.78. The van der Waals surface area contributed by atoms with E-state index in [2.05, 4.69) is 81.0 Å². The maximum absolute atomic E-state index is 5.78. The van der Waals surface area contributed by atoms with Gasteiger partial charge in [-0.25, -0.2) is 5.43 Å². The standard InChI is InChI=1S/C18H24N2S/c1-18(2,3)15-9-5-13(6-10-15)17(20-19)14-7-11-16(21-4)12-8-14/h5-12,17,20H,19H2,1-4H3. The van der Waals surface area contributed by atoms with Crippen LogP contribution in [0.1, 0.15) is 43.5 Å². The lowest BCUT2D eigenvalue weighted by Crippen LogP contribution is -2.28. The SMILES string of the molecule is CSc1ccc(C(NN)c2ccc(C(C)(C)C)cc2)cc1. The highest BCUT2D eigenvalue weighted by Crippen LogP contribution is 2.27. The highest BCUT2D eigenvalue weighted by Gasteiger charge is 2.16. The zero-order valence-electron chi connectivity index (χ0n) is 13.2. The van der Waals surface area contributed by atoms with Crippen LogP contribution in [0.4, 0.5) is 0 Å². The Morgan fingerprint density at radius 2 is 1.38 bits per heavy atom. The molecule has 3 N–H and O–H groups in total. The van der Waals surface area contributed by atoms with E-state index in [1.807, 2.05) is 0 Å². The molecular weight excluding hydrogens is 276 g/mol. The van der Waals surface area contributed by atoms with Crippen molar-refractivity contribution in [3.8, 4) is 0 Å². The number of thioether (sulfide) groups is 1. The lowest BCUT2D eigenvalue weighted by Gasteiger charge is -2.21. The van der Waals surface area contributed by atoms with Crippen molar-refractivity contribution in [1.82, 2.24) is 5.43 Å². The first-order valence-electron chi connectivity index (χ1n) is 7.16. The van der Waals surface area contributed by atoms with Gasteiger partial charge in [0.25, 0.3) is 0 Å². The fourth-order valence-corrected chi connectivity index (χ4v) is 2.77. The van der Waals surface area contributed by atoms with Crippen LogP contribution in [0.15, 0.2) is 53.4 Å². The van der Waals surface area contributed by atoms with E-state index in [0.29, 0.717) is 0 Å². The summed E-state index contributed by atoms with van der Waals surface area (Å²) in [4.78, 5) is 1.26. The normalized spacial score (nSPS) is 13.2. The number of hydrazine groups is 1. The molecule has 0 saturated heterocycles. The summed E-state index contributed by atoms with van der Waals surface area (Å²) in [6.45, 7) is 6.67. The third-order valence-electron chi connectivity index (χ3n) is 3.73. The van der Waals surface area contributed by atoms with Crippen LogP contribution in [0.2, 0.25) is 0 Å². The summed E-state index contributed by atoms with van der Waals surface area (Å²) in [5.41, 5.74) is 6.79. The van der Waals surface area contributed by atoms with Gasteiger partial charge in [-0.05, 0) is 40.5 Å².